The molecule has 1 aromatic rings. The van der Waals surface area contributed by atoms with E-state index in [1.165, 1.54) is 11.1 Å². The lowest BCUT2D eigenvalue weighted by atomic mass is 9.99. The van der Waals surface area contributed by atoms with Gasteiger partial charge in [-0.3, -0.25) is 4.79 Å². The van der Waals surface area contributed by atoms with Gasteiger partial charge in [-0.1, -0.05) is 24.3 Å². The first-order chi connectivity index (χ1) is 8.27. The van der Waals surface area contributed by atoms with Crippen LogP contribution in [0.2, 0.25) is 0 Å². The molecule has 17 heavy (non-hydrogen) atoms. The van der Waals surface area contributed by atoms with E-state index in [1.807, 2.05) is 0 Å². The molecule has 0 bridgehead atoms. The van der Waals surface area contributed by atoms with Crippen LogP contribution in [0.3, 0.4) is 0 Å². The molecular weight excluding hydrogens is 214 g/mol. The van der Waals surface area contributed by atoms with Crippen LogP contribution in [0.4, 0.5) is 0 Å². The van der Waals surface area contributed by atoms with Crippen molar-refractivity contribution in [2.45, 2.75) is 25.4 Å². The number of amides is 1. The van der Waals surface area contributed by atoms with E-state index in [4.69, 9.17) is 5.73 Å². The molecule has 4 nitrogen and oxygen atoms in total. The number of hydrogen-bond acceptors (Lipinski definition) is 3. The van der Waals surface area contributed by atoms with E-state index in [9.17, 15) is 4.79 Å². The molecule has 92 valence electrons. The molecule has 0 aromatic heterocycles. The zero-order valence-corrected chi connectivity index (χ0v) is 9.91. The highest BCUT2D eigenvalue weighted by molar-refractivity contribution is 5.73. The van der Waals surface area contributed by atoms with E-state index in [1.54, 1.807) is 0 Å². The van der Waals surface area contributed by atoms with Crippen molar-refractivity contribution in [3.8, 4) is 0 Å². The Bertz CT molecular complexity index is 392. The van der Waals surface area contributed by atoms with Crippen molar-refractivity contribution >= 4 is 5.91 Å². The largest absolute Gasteiger partial charge is 0.370 e. The highest BCUT2D eigenvalue weighted by atomic mass is 16.1. The first kappa shape index (κ1) is 12.1. The van der Waals surface area contributed by atoms with Gasteiger partial charge in [0.05, 0.1) is 0 Å². The van der Waals surface area contributed by atoms with E-state index in [2.05, 4.69) is 34.9 Å². The molecule has 1 atom stereocenters. The fourth-order valence-corrected chi connectivity index (χ4v) is 2.24. The minimum Gasteiger partial charge on any atom is -0.370 e. The summed E-state index contributed by atoms with van der Waals surface area (Å²) < 4.78 is 0. The fourth-order valence-electron chi connectivity index (χ4n) is 2.24. The maximum Gasteiger partial charge on any atom is 0.218 e. The Hall–Kier alpha value is -1.39. The Balaban J connectivity index is 2.04. The van der Waals surface area contributed by atoms with Crippen LogP contribution in [-0.2, 0) is 11.3 Å². The Morgan fingerprint density at radius 2 is 2.29 bits per heavy atom. The molecule has 1 amide bonds. The number of nitrogens with one attached hydrogen (secondary N) is 2. The quantitative estimate of drug-likeness (QED) is 0.716. The molecule has 0 saturated heterocycles. The molecule has 0 spiro atoms. The number of hydrogen-bond donors (Lipinski definition) is 3. The predicted octanol–water partition coefficient (Wildman–Crippen LogP) is 0.686. The molecule has 0 aliphatic carbocycles. The molecule has 1 aliphatic heterocycles. The zero-order valence-electron chi connectivity index (χ0n) is 9.91. The maximum absolute atomic E-state index is 10.7. The van der Waals surface area contributed by atoms with Crippen LogP contribution in [0.15, 0.2) is 24.3 Å². The first-order valence-corrected chi connectivity index (χ1v) is 6.07. The Kier molecular flexibility index (Phi) is 4.12. The normalized spacial score (nSPS) is 19.4. The van der Waals surface area contributed by atoms with Crippen LogP contribution in [0.25, 0.3) is 0 Å². The van der Waals surface area contributed by atoms with Gasteiger partial charge in [0.2, 0.25) is 5.91 Å². The molecule has 0 saturated carbocycles. The van der Waals surface area contributed by atoms with Gasteiger partial charge in [-0.05, 0) is 24.1 Å². The van der Waals surface area contributed by atoms with Gasteiger partial charge in [-0.25, -0.2) is 0 Å². The molecule has 1 aromatic carbocycles. The number of fused-ring (bicyclic) bond motifs is 1. The van der Waals surface area contributed by atoms with Crippen molar-refractivity contribution in [3.05, 3.63) is 35.4 Å². The zero-order chi connectivity index (χ0) is 12.1. The number of carbonyl (C=O) groups excluding carboxylic acids is 1. The summed E-state index contributed by atoms with van der Waals surface area (Å²) in [7, 11) is 0. The van der Waals surface area contributed by atoms with Crippen molar-refractivity contribution in [1.29, 1.82) is 0 Å². The maximum atomic E-state index is 10.7. The van der Waals surface area contributed by atoms with Crippen LogP contribution in [0, 0.1) is 0 Å². The van der Waals surface area contributed by atoms with E-state index in [0.29, 0.717) is 19.0 Å². The monoisotopic (exact) mass is 233 g/mol. The summed E-state index contributed by atoms with van der Waals surface area (Å²) >= 11 is 0. The average molecular weight is 233 g/mol. The van der Waals surface area contributed by atoms with Gasteiger partial charge in [-0.15, -0.1) is 0 Å². The topological polar surface area (TPSA) is 67.2 Å². The molecular formula is C13H19N3O. The summed E-state index contributed by atoms with van der Waals surface area (Å²) in [5.41, 5.74) is 7.81. The van der Waals surface area contributed by atoms with Crippen molar-refractivity contribution in [1.82, 2.24) is 10.6 Å². The van der Waals surface area contributed by atoms with Crippen LogP contribution >= 0.6 is 0 Å². The minimum atomic E-state index is -0.252. The van der Waals surface area contributed by atoms with Gasteiger partial charge in [-0.2, -0.15) is 0 Å². The second-order valence-corrected chi connectivity index (χ2v) is 4.39. The van der Waals surface area contributed by atoms with Crippen molar-refractivity contribution in [3.63, 3.8) is 0 Å². The van der Waals surface area contributed by atoms with Gasteiger partial charge in [0, 0.05) is 25.6 Å². The lowest BCUT2D eigenvalue weighted by molar-refractivity contribution is -0.117. The lowest BCUT2D eigenvalue weighted by Gasteiger charge is -2.18. The van der Waals surface area contributed by atoms with E-state index >= 15 is 0 Å². The average Bonchev–Trinajstić information content (AvgIpc) is 2.52. The summed E-state index contributed by atoms with van der Waals surface area (Å²) in [6.45, 7) is 2.56. The molecule has 0 radical (unpaired) electrons. The van der Waals surface area contributed by atoms with Crippen LogP contribution < -0.4 is 16.4 Å². The number of rotatable bonds is 4. The summed E-state index contributed by atoms with van der Waals surface area (Å²) in [5, 5.41) is 6.81. The number of nitrogens with two attached hydrogens (primary N) is 1. The van der Waals surface area contributed by atoms with Crippen molar-refractivity contribution in [2.75, 3.05) is 13.1 Å². The molecule has 1 aliphatic rings. The molecule has 4 heteroatoms. The standard InChI is InChI=1S/C13H19N3O/c14-13(17)6-8-16-12-5-7-15-9-10-3-1-2-4-11(10)12/h1-4,12,15-16H,5-9H2,(H2,14,17). The second kappa shape index (κ2) is 5.80. The van der Waals surface area contributed by atoms with Gasteiger partial charge < -0.3 is 16.4 Å². The van der Waals surface area contributed by atoms with Crippen LogP contribution in [0.1, 0.15) is 30.0 Å². The second-order valence-electron chi connectivity index (χ2n) is 4.39. The third-order valence-electron chi connectivity index (χ3n) is 3.12. The molecule has 1 heterocycles. The summed E-state index contributed by atoms with van der Waals surface area (Å²) in [6.07, 6.45) is 1.43. The molecule has 2 rings (SSSR count). The number of primary amides is 1. The van der Waals surface area contributed by atoms with Crippen molar-refractivity contribution in [2.24, 2.45) is 5.73 Å². The molecule has 0 fully saturated rings. The minimum absolute atomic E-state index is 0.252. The molecule has 1 unspecified atom stereocenters. The summed E-state index contributed by atoms with van der Waals surface area (Å²) in [6, 6.07) is 8.75. The lowest BCUT2D eigenvalue weighted by Crippen LogP contribution is -2.27. The third kappa shape index (κ3) is 3.28. The third-order valence-corrected chi connectivity index (χ3v) is 3.12. The Labute approximate surface area is 102 Å². The van der Waals surface area contributed by atoms with E-state index < -0.39 is 0 Å². The van der Waals surface area contributed by atoms with Gasteiger partial charge in [0.1, 0.15) is 0 Å². The van der Waals surface area contributed by atoms with Gasteiger partial charge in [0.25, 0.3) is 0 Å². The van der Waals surface area contributed by atoms with E-state index in [0.717, 1.165) is 19.5 Å². The SMILES string of the molecule is NC(=O)CCNC1CCNCc2ccccc21. The smallest absolute Gasteiger partial charge is 0.218 e. The Morgan fingerprint density at radius 3 is 3.12 bits per heavy atom. The Morgan fingerprint density at radius 1 is 1.47 bits per heavy atom. The first-order valence-electron chi connectivity index (χ1n) is 6.07. The van der Waals surface area contributed by atoms with Gasteiger partial charge in [0.15, 0.2) is 0 Å². The predicted molar refractivity (Wildman–Crippen MR) is 67.3 cm³/mol. The summed E-state index contributed by atoms with van der Waals surface area (Å²) in [5.74, 6) is -0.252. The van der Waals surface area contributed by atoms with Crippen LogP contribution in [-0.4, -0.2) is 19.0 Å². The highest BCUT2D eigenvalue weighted by Crippen LogP contribution is 2.23. The van der Waals surface area contributed by atoms with Crippen LogP contribution in [0.5, 0.6) is 0 Å². The molecule has 4 N–H and O–H groups in total. The summed E-state index contributed by atoms with van der Waals surface area (Å²) in [4.78, 5) is 10.7. The number of benzene rings is 1. The van der Waals surface area contributed by atoms with E-state index in [-0.39, 0.29) is 5.91 Å². The fraction of sp³-hybridized carbons (Fsp3) is 0.462. The van der Waals surface area contributed by atoms with Crippen molar-refractivity contribution < 1.29 is 4.79 Å². The van der Waals surface area contributed by atoms with Gasteiger partial charge >= 0.3 is 0 Å². The highest BCUT2D eigenvalue weighted by Gasteiger charge is 2.17. The number of carbonyl (C=O) groups is 1.